The van der Waals surface area contributed by atoms with E-state index in [-0.39, 0.29) is 0 Å². The van der Waals surface area contributed by atoms with Crippen molar-refractivity contribution in [1.29, 1.82) is 0 Å². The van der Waals surface area contributed by atoms with Crippen LogP contribution in [0.1, 0.15) is 19.8 Å². The normalized spacial score (nSPS) is 30.4. The SMILES string of the molecule is CCC1CCNCN1. The van der Waals surface area contributed by atoms with Gasteiger partial charge in [-0.15, -0.1) is 0 Å². The van der Waals surface area contributed by atoms with Crippen molar-refractivity contribution in [3.8, 4) is 0 Å². The minimum atomic E-state index is 0.774. The highest BCUT2D eigenvalue weighted by atomic mass is 15.1. The number of nitrogens with one attached hydrogen (secondary N) is 2. The molecule has 0 radical (unpaired) electrons. The van der Waals surface area contributed by atoms with Gasteiger partial charge in [0.1, 0.15) is 0 Å². The molecular formula is C6H14N2. The van der Waals surface area contributed by atoms with E-state index in [0.29, 0.717) is 0 Å². The summed E-state index contributed by atoms with van der Waals surface area (Å²) in [7, 11) is 0. The Morgan fingerprint density at radius 2 is 2.50 bits per heavy atom. The molecule has 0 aromatic heterocycles. The summed E-state index contributed by atoms with van der Waals surface area (Å²) in [5.74, 6) is 0. The van der Waals surface area contributed by atoms with Crippen molar-refractivity contribution in [1.82, 2.24) is 10.6 Å². The zero-order valence-electron chi connectivity index (χ0n) is 5.41. The molecular weight excluding hydrogens is 100 g/mol. The predicted octanol–water partition coefficient (Wildman–Crippen LogP) is 0.305. The smallest absolute Gasteiger partial charge is 0.0456 e. The summed E-state index contributed by atoms with van der Waals surface area (Å²) < 4.78 is 0. The summed E-state index contributed by atoms with van der Waals surface area (Å²) in [5.41, 5.74) is 0. The molecule has 0 bridgehead atoms. The van der Waals surface area contributed by atoms with Crippen LogP contribution >= 0.6 is 0 Å². The predicted molar refractivity (Wildman–Crippen MR) is 34.7 cm³/mol. The largest absolute Gasteiger partial charge is 0.304 e. The van der Waals surface area contributed by atoms with E-state index in [9.17, 15) is 0 Å². The molecule has 0 aromatic carbocycles. The van der Waals surface area contributed by atoms with Crippen LogP contribution in [0.25, 0.3) is 0 Å². The van der Waals surface area contributed by atoms with Crippen LogP contribution in [0.15, 0.2) is 0 Å². The van der Waals surface area contributed by atoms with Crippen LogP contribution in [0, 0.1) is 0 Å². The van der Waals surface area contributed by atoms with E-state index in [0.717, 1.165) is 12.7 Å². The lowest BCUT2D eigenvalue weighted by atomic mass is 10.1. The van der Waals surface area contributed by atoms with Crippen LogP contribution < -0.4 is 10.6 Å². The number of rotatable bonds is 1. The van der Waals surface area contributed by atoms with Gasteiger partial charge in [-0.25, -0.2) is 0 Å². The van der Waals surface area contributed by atoms with E-state index in [1.807, 2.05) is 0 Å². The second kappa shape index (κ2) is 3.05. The van der Waals surface area contributed by atoms with Gasteiger partial charge >= 0.3 is 0 Å². The van der Waals surface area contributed by atoms with E-state index in [1.54, 1.807) is 0 Å². The molecule has 1 atom stereocenters. The number of hydrogen-bond acceptors (Lipinski definition) is 2. The van der Waals surface area contributed by atoms with Crippen LogP contribution in [-0.2, 0) is 0 Å². The molecule has 8 heavy (non-hydrogen) atoms. The molecule has 1 rings (SSSR count). The van der Waals surface area contributed by atoms with Crippen LogP contribution in [-0.4, -0.2) is 19.3 Å². The molecule has 2 N–H and O–H groups in total. The third-order valence-corrected chi connectivity index (χ3v) is 1.68. The fourth-order valence-corrected chi connectivity index (χ4v) is 1.03. The zero-order valence-corrected chi connectivity index (χ0v) is 5.41. The highest BCUT2D eigenvalue weighted by Gasteiger charge is 2.07. The van der Waals surface area contributed by atoms with E-state index in [2.05, 4.69) is 17.6 Å². The van der Waals surface area contributed by atoms with Crippen LogP contribution in [0.2, 0.25) is 0 Å². The van der Waals surface area contributed by atoms with Gasteiger partial charge in [0.25, 0.3) is 0 Å². The maximum atomic E-state index is 3.36. The summed E-state index contributed by atoms with van der Waals surface area (Å²) in [6.45, 7) is 4.41. The Balaban J connectivity index is 2.13. The number of hydrogen-bond donors (Lipinski definition) is 2. The third-order valence-electron chi connectivity index (χ3n) is 1.68. The van der Waals surface area contributed by atoms with E-state index < -0.39 is 0 Å². The van der Waals surface area contributed by atoms with Crippen LogP contribution in [0.3, 0.4) is 0 Å². The van der Waals surface area contributed by atoms with Gasteiger partial charge in [0.15, 0.2) is 0 Å². The van der Waals surface area contributed by atoms with Crippen molar-refractivity contribution < 1.29 is 0 Å². The molecule has 1 heterocycles. The molecule has 1 unspecified atom stereocenters. The Hall–Kier alpha value is -0.0800. The second-order valence-corrected chi connectivity index (χ2v) is 2.27. The van der Waals surface area contributed by atoms with Crippen molar-refractivity contribution in [2.45, 2.75) is 25.8 Å². The van der Waals surface area contributed by atoms with Gasteiger partial charge in [0.2, 0.25) is 0 Å². The molecule has 0 spiro atoms. The van der Waals surface area contributed by atoms with Gasteiger partial charge in [-0.2, -0.15) is 0 Å². The van der Waals surface area contributed by atoms with Crippen molar-refractivity contribution in [3.63, 3.8) is 0 Å². The summed E-state index contributed by atoms with van der Waals surface area (Å²) in [6, 6.07) is 0.774. The standard InChI is InChI=1S/C6H14N2/c1-2-6-3-4-7-5-8-6/h6-8H,2-5H2,1H3. The van der Waals surface area contributed by atoms with Gasteiger partial charge < -0.3 is 10.6 Å². The summed E-state index contributed by atoms with van der Waals surface area (Å²) in [5, 5.41) is 6.60. The van der Waals surface area contributed by atoms with Crippen LogP contribution in [0.4, 0.5) is 0 Å². The zero-order chi connectivity index (χ0) is 5.82. The maximum Gasteiger partial charge on any atom is 0.0456 e. The lowest BCUT2D eigenvalue weighted by Crippen LogP contribution is -2.44. The first-order valence-electron chi connectivity index (χ1n) is 3.37. The first-order valence-corrected chi connectivity index (χ1v) is 3.37. The Bertz CT molecular complexity index is 57.5. The maximum absolute atomic E-state index is 3.36. The molecule has 0 aliphatic carbocycles. The lowest BCUT2D eigenvalue weighted by molar-refractivity contribution is 0.381. The molecule has 48 valence electrons. The van der Waals surface area contributed by atoms with Crippen molar-refractivity contribution >= 4 is 0 Å². The molecule has 0 aromatic rings. The summed E-state index contributed by atoms with van der Waals surface area (Å²) in [6.07, 6.45) is 2.55. The minimum absolute atomic E-state index is 0.774. The van der Waals surface area contributed by atoms with Crippen LogP contribution in [0.5, 0.6) is 0 Å². The summed E-state index contributed by atoms with van der Waals surface area (Å²) >= 11 is 0. The van der Waals surface area contributed by atoms with Gasteiger partial charge in [-0.05, 0) is 19.4 Å². The Morgan fingerprint density at radius 3 is 2.88 bits per heavy atom. The molecule has 2 nitrogen and oxygen atoms in total. The second-order valence-electron chi connectivity index (χ2n) is 2.27. The van der Waals surface area contributed by atoms with E-state index in [1.165, 1.54) is 19.4 Å². The Labute approximate surface area is 50.7 Å². The Kier molecular flexibility index (Phi) is 2.30. The van der Waals surface area contributed by atoms with Gasteiger partial charge in [0.05, 0.1) is 0 Å². The molecule has 1 saturated heterocycles. The minimum Gasteiger partial charge on any atom is -0.304 e. The van der Waals surface area contributed by atoms with Crippen molar-refractivity contribution in [2.24, 2.45) is 0 Å². The fourth-order valence-electron chi connectivity index (χ4n) is 1.03. The average Bonchev–Trinajstić information content (AvgIpc) is 1.90. The average molecular weight is 114 g/mol. The molecule has 1 aliphatic heterocycles. The highest BCUT2D eigenvalue weighted by Crippen LogP contribution is 1.97. The fraction of sp³-hybridized carbons (Fsp3) is 1.00. The third kappa shape index (κ3) is 1.46. The highest BCUT2D eigenvalue weighted by molar-refractivity contribution is 4.69. The first-order chi connectivity index (χ1) is 3.93. The van der Waals surface area contributed by atoms with Gasteiger partial charge in [-0.3, -0.25) is 0 Å². The lowest BCUT2D eigenvalue weighted by Gasteiger charge is -2.22. The van der Waals surface area contributed by atoms with E-state index >= 15 is 0 Å². The first kappa shape index (κ1) is 6.05. The van der Waals surface area contributed by atoms with Gasteiger partial charge in [-0.1, -0.05) is 6.92 Å². The topological polar surface area (TPSA) is 24.1 Å². The van der Waals surface area contributed by atoms with E-state index in [4.69, 9.17) is 0 Å². The molecule has 0 saturated carbocycles. The van der Waals surface area contributed by atoms with Crippen molar-refractivity contribution in [3.05, 3.63) is 0 Å². The van der Waals surface area contributed by atoms with Gasteiger partial charge in [0, 0.05) is 12.7 Å². The molecule has 1 fully saturated rings. The van der Waals surface area contributed by atoms with Crippen molar-refractivity contribution in [2.75, 3.05) is 13.2 Å². The monoisotopic (exact) mass is 114 g/mol. The Morgan fingerprint density at radius 1 is 1.62 bits per heavy atom. The molecule has 2 heteroatoms. The molecule has 0 amide bonds. The molecule has 1 aliphatic rings. The summed E-state index contributed by atoms with van der Waals surface area (Å²) in [4.78, 5) is 0. The quantitative estimate of drug-likeness (QED) is 0.512.